The van der Waals surface area contributed by atoms with Gasteiger partial charge in [0, 0.05) is 25.7 Å². The highest BCUT2D eigenvalue weighted by Gasteiger charge is 2.30. The van der Waals surface area contributed by atoms with Crippen molar-refractivity contribution in [2.24, 2.45) is 11.8 Å². The Morgan fingerprint density at radius 3 is 0.809 bits per heavy atom. The van der Waals surface area contributed by atoms with E-state index < -0.39 is 97.5 Å². The molecule has 0 amide bonds. The molecular weight excluding hydrogens is 1230 g/mol. The second-order valence-corrected chi connectivity index (χ2v) is 30.7. The lowest BCUT2D eigenvalue weighted by molar-refractivity contribution is -0.161. The van der Waals surface area contributed by atoms with Crippen LogP contribution in [0.25, 0.3) is 0 Å². The third-order valence-electron chi connectivity index (χ3n) is 17.8. The van der Waals surface area contributed by atoms with Crippen molar-refractivity contribution >= 4 is 39.5 Å². The quantitative estimate of drug-likeness (QED) is 0.0222. The summed E-state index contributed by atoms with van der Waals surface area (Å²) in [6, 6.07) is 0. The summed E-state index contributed by atoms with van der Waals surface area (Å²) in [4.78, 5) is 72.7. The van der Waals surface area contributed by atoms with Crippen LogP contribution in [-0.4, -0.2) is 96.7 Å². The van der Waals surface area contributed by atoms with Gasteiger partial charge in [0.05, 0.1) is 26.4 Å². The molecule has 6 atom stereocenters. The topological polar surface area (TPSA) is 237 Å². The Hall–Kier alpha value is -1.94. The molecule has 17 nitrogen and oxygen atoms in total. The molecule has 0 saturated heterocycles. The Labute approximate surface area is 575 Å². The van der Waals surface area contributed by atoms with Crippen LogP contribution < -0.4 is 0 Å². The number of ether oxygens (including phenoxy) is 4. The van der Waals surface area contributed by atoms with E-state index in [1.54, 1.807) is 0 Å². The highest BCUT2D eigenvalue weighted by Crippen LogP contribution is 2.45. The van der Waals surface area contributed by atoms with Gasteiger partial charge in [-0.3, -0.25) is 37.3 Å². The second-order valence-electron chi connectivity index (χ2n) is 27.8. The number of esters is 4. The lowest BCUT2D eigenvalue weighted by atomic mass is 9.99. The normalized spacial score (nSPS) is 14.3. The van der Waals surface area contributed by atoms with Crippen molar-refractivity contribution in [3.05, 3.63) is 0 Å². The van der Waals surface area contributed by atoms with E-state index in [1.165, 1.54) is 199 Å². The van der Waals surface area contributed by atoms with Gasteiger partial charge < -0.3 is 33.8 Å². The first-order chi connectivity index (χ1) is 45.4. The van der Waals surface area contributed by atoms with Crippen LogP contribution in [0.1, 0.15) is 388 Å². The van der Waals surface area contributed by atoms with Gasteiger partial charge in [-0.15, -0.1) is 0 Å². The summed E-state index contributed by atoms with van der Waals surface area (Å²) in [6.07, 6.45) is 54.0. The van der Waals surface area contributed by atoms with Crippen molar-refractivity contribution in [1.82, 2.24) is 0 Å². The van der Waals surface area contributed by atoms with Crippen molar-refractivity contribution in [3.8, 4) is 0 Å². The molecule has 0 bridgehead atoms. The standard InChI is InChI=1S/C75H146O17P2/c1-7-10-12-14-16-18-27-35-41-47-53-59-74(79)91-70(63-85-72(77)57-51-45-39-17-15-13-11-8-2)65-89-93(81,82)87-61-69(76)62-88-94(83,84)90-66-71(64-86-73(78)58-52-46-40-34-30-25-21-19-23-28-32-37-43-49-55-67(4)5)92-75(80)60-54-48-42-36-31-26-22-20-24-29-33-38-44-50-56-68(6)9-3/h67-71,76H,7-66H2,1-6H3,(H,81,82)(H,83,84)/t68?,69-,70+,71+/m0/s1. The third kappa shape index (κ3) is 67.3. The average Bonchev–Trinajstić information content (AvgIpc) is 2.72. The summed E-state index contributed by atoms with van der Waals surface area (Å²) in [5.41, 5.74) is 0. The molecule has 3 unspecified atom stereocenters. The molecule has 0 aliphatic carbocycles. The molecule has 3 N–H and O–H groups in total. The van der Waals surface area contributed by atoms with Gasteiger partial charge in [0.2, 0.25) is 0 Å². The number of carbonyl (C=O) groups is 4. The summed E-state index contributed by atoms with van der Waals surface area (Å²) in [6.45, 7) is 9.64. The van der Waals surface area contributed by atoms with E-state index in [-0.39, 0.29) is 25.7 Å². The lowest BCUT2D eigenvalue weighted by Crippen LogP contribution is -2.30. The van der Waals surface area contributed by atoms with Crippen LogP contribution in [0.4, 0.5) is 0 Å². The summed E-state index contributed by atoms with van der Waals surface area (Å²) in [5.74, 6) is -0.473. The van der Waals surface area contributed by atoms with E-state index in [0.717, 1.165) is 108 Å². The van der Waals surface area contributed by atoms with Gasteiger partial charge in [-0.2, -0.15) is 0 Å². The Kier molecular flexibility index (Phi) is 65.5. The molecule has 0 aromatic carbocycles. The molecule has 19 heteroatoms. The highest BCUT2D eigenvalue weighted by molar-refractivity contribution is 7.47. The fourth-order valence-electron chi connectivity index (χ4n) is 11.4. The maximum atomic E-state index is 13.1. The number of phosphoric acid groups is 2. The summed E-state index contributed by atoms with van der Waals surface area (Å²) >= 11 is 0. The molecular formula is C75H146O17P2. The van der Waals surface area contributed by atoms with E-state index in [1.807, 2.05) is 0 Å². The SMILES string of the molecule is CCCCCCCCCCCCCC(=O)O[C@H](COC(=O)CCCCCCCCCC)COP(=O)(O)OC[C@H](O)COP(=O)(O)OC[C@@H](COC(=O)CCCCCCCCCCCCCCCCC(C)C)OC(=O)CCCCCCCCCCCCCCCCC(C)CC. The smallest absolute Gasteiger partial charge is 0.462 e. The minimum absolute atomic E-state index is 0.107. The molecule has 558 valence electrons. The number of phosphoric ester groups is 2. The molecule has 0 rings (SSSR count). The van der Waals surface area contributed by atoms with Crippen LogP contribution in [0.3, 0.4) is 0 Å². The molecule has 94 heavy (non-hydrogen) atoms. The van der Waals surface area contributed by atoms with E-state index in [9.17, 15) is 43.2 Å². The molecule has 0 aromatic heterocycles. The largest absolute Gasteiger partial charge is 0.472 e. The molecule has 0 aliphatic heterocycles. The van der Waals surface area contributed by atoms with Crippen molar-refractivity contribution in [2.75, 3.05) is 39.6 Å². The molecule has 0 heterocycles. The third-order valence-corrected chi connectivity index (χ3v) is 19.7. The molecule has 0 spiro atoms. The van der Waals surface area contributed by atoms with Gasteiger partial charge in [-0.1, -0.05) is 337 Å². The van der Waals surface area contributed by atoms with Crippen molar-refractivity contribution in [1.29, 1.82) is 0 Å². The second kappa shape index (κ2) is 66.9. The Morgan fingerprint density at radius 2 is 0.543 bits per heavy atom. The molecule has 0 radical (unpaired) electrons. The highest BCUT2D eigenvalue weighted by atomic mass is 31.2. The average molecular weight is 1380 g/mol. The number of aliphatic hydroxyl groups is 1. The lowest BCUT2D eigenvalue weighted by Gasteiger charge is -2.21. The number of hydrogen-bond donors (Lipinski definition) is 3. The van der Waals surface area contributed by atoms with E-state index in [2.05, 4.69) is 41.5 Å². The van der Waals surface area contributed by atoms with Crippen molar-refractivity contribution < 1.29 is 80.2 Å². The van der Waals surface area contributed by atoms with E-state index >= 15 is 0 Å². The molecule has 0 fully saturated rings. The van der Waals surface area contributed by atoms with E-state index in [0.29, 0.717) is 25.7 Å². The predicted molar refractivity (Wildman–Crippen MR) is 381 cm³/mol. The summed E-state index contributed by atoms with van der Waals surface area (Å²) < 4.78 is 68.4. The zero-order chi connectivity index (χ0) is 69.3. The van der Waals surface area contributed by atoms with Gasteiger partial charge in [0.25, 0.3) is 0 Å². The van der Waals surface area contributed by atoms with Gasteiger partial charge in [-0.05, 0) is 37.5 Å². The maximum absolute atomic E-state index is 13.1. The summed E-state index contributed by atoms with van der Waals surface area (Å²) in [5, 5.41) is 10.6. The monoisotopic (exact) mass is 1380 g/mol. The zero-order valence-electron chi connectivity index (χ0n) is 61.3. The number of hydrogen-bond acceptors (Lipinski definition) is 15. The fraction of sp³-hybridized carbons (Fsp3) is 0.947. The van der Waals surface area contributed by atoms with E-state index in [4.69, 9.17) is 37.0 Å². The van der Waals surface area contributed by atoms with Gasteiger partial charge >= 0.3 is 39.5 Å². The minimum atomic E-state index is -4.96. The minimum Gasteiger partial charge on any atom is -0.462 e. The van der Waals surface area contributed by atoms with Gasteiger partial charge in [0.15, 0.2) is 12.2 Å². The number of aliphatic hydroxyl groups excluding tert-OH is 1. The van der Waals surface area contributed by atoms with Crippen LogP contribution in [-0.2, 0) is 65.4 Å². The van der Waals surface area contributed by atoms with Crippen LogP contribution in [0.2, 0.25) is 0 Å². The van der Waals surface area contributed by atoms with Crippen LogP contribution in [0, 0.1) is 11.8 Å². The van der Waals surface area contributed by atoms with Gasteiger partial charge in [0.1, 0.15) is 19.3 Å². The van der Waals surface area contributed by atoms with Gasteiger partial charge in [-0.25, -0.2) is 9.13 Å². The molecule has 0 aromatic rings. The molecule has 0 saturated carbocycles. The maximum Gasteiger partial charge on any atom is 0.472 e. The van der Waals surface area contributed by atoms with Crippen LogP contribution in [0.15, 0.2) is 0 Å². The Morgan fingerprint density at radius 1 is 0.309 bits per heavy atom. The fourth-order valence-corrected chi connectivity index (χ4v) is 13.0. The number of carbonyl (C=O) groups excluding carboxylic acids is 4. The van der Waals surface area contributed by atoms with Crippen molar-refractivity contribution in [2.45, 2.75) is 407 Å². The first-order valence-corrected chi connectivity index (χ1v) is 42.0. The first kappa shape index (κ1) is 92.1. The number of rotatable bonds is 74. The zero-order valence-corrected chi connectivity index (χ0v) is 63.1. The molecule has 0 aliphatic rings. The Bertz CT molecular complexity index is 1820. The van der Waals surface area contributed by atoms with Crippen molar-refractivity contribution in [3.63, 3.8) is 0 Å². The Balaban J connectivity index is 5.21. The first-order valence-electron chi connectivity index (χ1n) is 39.0. The predicted octanol–water partition coefficient (Wildman–Crippen LogP) is 21.9. The van der Waals surface area contributed by atoms with Crippen LogP contribution >= 0.6 is 15.6 Å². The number of unbranched alkanes of at least 4 members (excludes halogenated alkanes) is 43. The van der Waals surface area contributed by atoms with Crippen LogP contribution in [0.5, 0.6) is 0 Å². The summed E-state index contributed by atoms with van der Waals surface area (Å²) in [7, 11) is -9.90.